The van der Waals surface area contributed by atoms with Crippen LogP contribution in [0.25, 0.3) is 0 Å². The molecule has 1 aromatic rings. The summed E-state index contributed by atoms with van der Waals surface area (Å²) in [5, 5.41) is 0. The van der Waals surface area contributed by atoms with Crippen molar-refractivity contribution in [3.05, 3.63) is 23.9 Å². The molecule has 0 fully saturated rings. The number of rotatable bonds is 5. The molecule has 0 unspecified atom stereocenters. The first-order valence-electron chi connectivity index (χ1n) is 4.50. The second-order valence-electron chi connectivity index (χ2n) is 2.91. The lowest BCUT2D eigenvalue weighted by atomic mass is 10.3. The third kappa shape index (κ3) is 6.87. The fourth-order valence-electron chi connectivity index (χ4n) is 0.947. The molecule has 0 aromatic carbocycles. The number of nitrogens with two attached hydrogens (primary N) is 2. The second kappa shape index (κ2) is 7.98. The smallest absolute Gasteiger partial charge is 0.272 e. The van der Waals surface area contributed by atoms with Crippen LogP contribution in [-0.2, 0) is 6.54 Å². The normalized spacial score (nSPS) is 9.59. The molecule has 5 nitrogen and oxygen atoms in total. The Bertz CT molecular complexity index is 372. The van der Waals surface area contributed by atoms with Gasteiger partial charge in [0.1, 0.15) is 0 Å². The maximum atomic E-state index is 11.9. The van der Waals surface area contributed by atoms with E-state index in [4.69, 9.17) is 16.2 Å². The van der Waals surface area contributed by atoms with E-state index in [1.165, 1.54) is 6.07 Å². The number of hydrogen-bond acceptors (Lipinski definition) is 3. The van der Waals surface area contributed by atoms with E-state index in [0.29, 0.717) is 5.69 Å². The third-order valence-electron chi connectivity index (χ3n) is 1.56. The fourth-order valence-corrected chi connectivity index (χ4v) is 0.947. The minimum Gasteiger partial charge on any atom is -0.472 e. The van der Waals surface area contributed by atoms with Gasteiger partial charge in [0.15, 0.2) is 12.6 Å². The van der Waals surface area contributed by atoms with Crippen molar-refractivity contribution in [3.63, 3.8) is 0 Å². The maximum absolute atomic E-state index is 11.9. The van der Waals surface area contributed by atoms with Gasteiger partial charge in [-0.1, -0.05) is 6.07 Å². The van der Waals surface area contributed by atoms with Crippen LogP contribution in [0.1, 0.15) is 5.69 Å². The van der Waals surface area contributed by atoms with Crippen molar-refractivity contribution in [2.75, 3.05) is 6.61 Å². The lowest BCUT2D eigenvalue weighted by Gasteiger charge is -2.05. The van der Waals surface area contributed by atoms with Crippen molar-refractivity contribution in [1.29, 1.82) is 0 Å². The average Bonchev–Trinajstić information content (AvgIpc) is 2.24. The Morgan fingerprint density at radius 1 is 1.41 bits per heavy atom. The van der Waals surface area contributed by atoms with E-state index < -0.39 is 13.0 Å². The molecule has 0 aliphatic heterocycles. The van der Waals surface area contributed by atoms with Crippen molar-refractivity contribution >= 4 is 29.9 Å². The molecule has 17 heavy (non-hydrogen) atoms. The predicted molar refractivity (Wildman–Crippen MR) is 70.7 cm³/mol. The van der Waals surface area contributed by atoms with E-state index in [9.17, 15) is 8.78 Å². The minimum absolute atomic E-state index is 0. The number of alkyl halides is 2. The Morgan fingerprint density at radius 2 is 2.12 bits per heavy atom. The number of aliphatic imine (C=N–C) groups is 1. The molecular weight excluding hydrogens is 345 g/mol. The summed E-state index contributed by atoms with van der Waals surface area (Å²) in [7, 11) is 0. The van der Waals surface area contributed by atoms with Crippen LogP contribution in [0.2, 0.25) is 0 Å². The Labute approximate surface area is 114 Å². The zero-order chi connectivity index (χ0) is 12.0. The summed E-state index contributed by atoms with van der Waals surface area (Å²) in [5.74, 6) is 0.0734. The number of aromatic nitrogens is 1. The van der Waals surface area contributed by atoms with Gasteiger partial charge in [0.05, 0.1) is 12.2 Å². The maximum Gasteiger partial charge on any atom is 0.272 e. The molecule has 0 amide bonds. The van der Waals surface area contributed by atoms with Gasteiger partial charge >= 0.3 is 0 Å². The molecular formula is C9H13F2IN4O. The summed E-state index contributed by atoms with van der Waals surface area (Å²) in [5.41, 5.74) is 10.8. The van der Waals surface area contributed by atoms with E-state index in [-0.39, 0.29) is 42.4 Å². The molecule has 0 spiro atoms. The van der Waals surface area contributed by atoms with Gasteiger partial charge in [-0.15, -0.1) is 24.0 Å². The largest absolute Gasteiger partial charge is 0.472 e. The summed E-state index contributed by atoms with van der Waals surface area (Å²) < 4.78 is 28.5. The van der Waals surface area contributed by atoms with Crippen LogP contribution in [0.15, 0.2) is 23.2 Å². The second-order valence-corrected chi connectivity index (χ2v) is 2.91. The molecule has 96 valence electrons. The van der Waals surface area contributed by atoms with Gasteiger partial charge in [-0.3, -0.25) is 0 Å². The first-order valence-corrected chi connectivity index (χ1v) is 4.50. The summed E-state index contributed by atoms with van der Waals surface area (Å²) in [6.45, 7) is -0.493. The van der Waals surface area contributed by atoms with E-state index in [1.807, 2.05) is 0 Å². The molecule has 4 N–H and O–H groups in total. The van der Waals surface area contributed by atoms with Crippen molar-refractivity contribution < 1.29 is 13.5 Å². The lowest BCUT2D eigenvalue weighted by molar-refractivity contribution is 0.0795. The van der Waals surface area contributed by atoms with Gasteiger partial charge in [0.25, 0.3) is 6.43 Å². The first-order chi connectivity index (χ1) is 7.58. The van der Waals surface area contributed by atoms with E-state index in [0.717, 1.165) is 0 Å². The SMILES string of the molecule is I.NC(N)=NCc1cccc(OCC(F)F)n1. The summed E-state index contributed by atoms with van der Waals surface area (Å²) in [4.78, 5) is 7.68. The van der Waals surface area contributed by atoms with Crippen LogP contribution >= 0.6 is 24.0 Å². The monoisotopic (exact) mass is 358 g/mol. The van der Waals surface area contributed by atoms with Gasteiger partial charge in [-0.25, -0.2) is 18.8 Å². The number of nitrogens with zero attached hydrogens (tertiary/aromatic N) is 2. The highest BCUT2D eigenvalue weighted by atomic mass is 127. The molecule has 0 atom stereocenters. The molecule has 1 heterocycles. The molecule has 1 rings (SSSR count). The van der Waals surface area contributed by atoms with Crippen molar-refractivity contribution in [2.45, 2.75) is 13.0 Å². The highest BCUT2D eigenvalue weighted by Crippen LogP contribution is 2.09. The van der Waals surface area contributed by atoms with Gasteiger partial charge < -0.3 is 16.2 Å². The molecule has 1 aromatic heterocycles. The van der Waals surface area contributed by atoms with Crippen LogP contribution in [0.4, 0.5) is 8.78 Å². The molecule has 0 aliphatic carbocycles. The van der Waals surface area contributed by atoms with Crippen molar-refractivity contribution in [3.8, 4) is 5.88 Å². The molecule has 8 heteroatoms. The Morgan fingerprint density at radius 3 is 2.71 bits per heavy atom. The minimum atomic E-state index is -2.52. The van der Waals surface area contributed by atoms with E-state index >= 15 is 0 Å². The highest BCUT2D eigenvalue weighted by Gasteiger charge is 2.04. The number of ether oxygens (including phenoxy) is 1. The molecule has 0 aliphatic rings. The van der Waals surface area contributed by atoms with Gasteiger partial charge in [0, 0.05) is 6.07 Å². The lowest BCUT2D eigenvalue weighted by Crippen LogP contribution is -2.22. The number of halogens is 3. The van der Waals surface area contributed by atoms with Crippen LogP contribution in [0.3, 0.4) is 0 Å². The van der Waals surface area contributed by atoms with Gasteiger partial charge in [0.2, 0.25) is 5.88 Å². The predicted octanol–water partition coefficient (Wildman–Crippen LogP) is 1.12. The Hall–Kier alpha value is -1.19. The molecule has 0 saturated carbocycles. The van der Waals surface area contributed by atoms with Crippen molar-refractivity contribution in [1.82, 2.24) is 4.98 Å². The number of hydrogen-bond donors (Lipinski definition) is 2. The molecule has 0 bridgehead atoms. The highest BCUT2D eigenvalue weighted by molar-refractivity contribution is 14.0. The van der Waals surface area contributed by atoms with Gasteiger partial charge in [-0.05, 0) is 6.07 Å². The zero-order valence-electron chi connectivity index (χ0n) is 8.85. The van der Waals surface area contributed by atoms with Crippen molar-refractivity contribution in [2.24, 2.45) is 16.5 Å². The zero-order valence-corrected chi connectivity index (χ0v) is 11.2. The van der Waals surface area contributed by atoms with Gasteiger partial charge in [-0.2, -0.15) is 0 Å². The quantitative estimate of drug-likeness (QED) is 0.469. The summed E-state index contributed by atoms with van der Waals surface area (Å²) in [6, 6.07) is 4.79. The third-order valence-corrected chi connectivity index (χ3v) is 1.56. The van der Waals surface area contributed by atoms with Crippen LogP contribution < -0.4 is 16.2 Å². The van der Waals surface area contributed by atoms with Crippen LogP contribution in [-0.4, -0.2) is 24.0 Å². The van der Waals surface area contributed by atoms with E-state index in [1.54, 1.807) is 12.1 Å². The standard InChI is InChI=1S/C9H12F2N4O.HI/c10-7(11)5-16-8-3-1-2-6(15-8)4-14-9(12)13;/h1-3,7H,4-5H2,(H4,12,13,14);1H. The van der Waals surface area contributed by atoms with Crippen LogP contribution in [0.5, 0.6) is 5.88 Å². The van der Waals surface area contributed by atoms with E-state index in [2.05, 4.69) is 9.98 Å². The summed E-state index contributed by atoms with van der Waals surface area (Å²) in [6.07, 6.45) is -2.52. The van der Waals surface area contributed by atoms with Crippen LogP contribution in [0, 0.1) is 0 Å². The Balaban J connectivity index is 0.00000256. The fraction of sp³-hybridized carbons (Fsp3) is 0.333. The topological polar surface area (TPSA) is 86.5 Å². The average molecular weight is 358 g/mol. The number of pyridine rings is 1. The number of guanidine groups is 1. The molecule has 0 radical (unpaired) electrons. The summed E-state index contributed by atoms with van der Waals surface area (Å²) >= 11 is 0. The first kappa shape index (κ1) is 15.8. The molecule has 0 saturated heterocycles. The Kier molecular flexibility index (Phi) is 7.42.